The Bertz CT molecular complexity index is 719. The van der Waals surface area contributed by atoms with Crippen LogP contribution in [-0.2, 0) is 0 Å². The number of rotatable bonds is 4. The summed E-state index contributed by atoms with van der Waals surface area (Å²) in [5.74, 6) is 0.528. The fourth-order valence-electron chi connectivity index (χ4n) is 2.27. The molecule has 0 aliphatic heterocycles. The van der Waals surface area contributed by atoms with E-state index < -0.39 is 0 Å². The molecule has 0 aliphatic rings. The van der Waals surface area contributed by atoms with Crippen molar-refractivity contribution in [3.05, 3.63) is 46.2 Å². The number of thiazole rings is 1. The number of aromatic nitrogens is 3. The van der Waals surface area contributed by atoms with E-state index >= 15 is 0 Å². The molecule has 0 saturated carbocycles. The molecule has 6 heteroatoms. The molecule has 0 aliphatic carbocycles. The Balaban J connectivity index is 1.74. The second-order valence-electron chi connectivity index (χ2n) is 4.86. The van der Waals surface area contributed by atoms with Gasteiger partial charge < -0.3 is 9.73 Å². The highest BCUT2D eigenvalue weighted by molar-refractivity contribution is 7.11. The average Bonchev–Trinajstić information content (AvgIpc) is 3.09. The predicted molar refractivity (Wildman–Crippen MR) is 83.4 cm³/mol. The highest BCUT2D eigenvalue weighted by atomic mass is 32.1. The number of benzene rings is 1. The van der Waals surface area contributed by atoms with Crippen LogP contribution in [0.5, 0.6) is 0 Å². The van der Waals surface area contributed by atoms with Crippen LogP contribution < -0.4 is 5.32 Å². The Kier molecular flexibility index (Phi) is 3.70. The minimum Gasteiger partial charge on any atom is -0.423 e. The van der Waals surface area contributed by atoms with E-state index in [1.165, 1.54) is 11.3 Å². The lowest BCUT2D eigenvalue weighted by Gasteiger charge is -2.14. The molecule has 0 amide bonds. The third-order valence-electron chi connectivity index (χ3n) is 3.22. The van der Waals surface area contributed by atoms with Gasteiger partial charge >= 0.3 is 0 Å². The summed E-state index contributed by atoms with van der Waals surface area (Å²) in [7, 11) is 0. The first kappa shape index (κ1) is 13.8. The molecule has 21 heavy (non-hydrogen) atoms. The van der Waals surface area contributed by atoms with Crippen molar-refractivity contribution >= 4 is 17.0 Å². The topological polar surface area (TPSA) is 63.8 Å². The molecule has 1 N–H and O–H groups in total. The van der Waals surface area contributed by atoms with E-state index in [1.54, 1.807) is 11.3 Å². The highest BCUT2D eigenvalue weighted by Crippen LogP contribution is 2.26. The Morgan fingerprint density at radius 3 is 2.52 bits per heavy atom. The Hall–Kier alpha value is -2.21. The van der Waals surface area contributed by atoms with Gasteiger partial charge in [0.2, 0.25) is 12.3 Å². The van der Waals surface area contributed by atoms with Crippen LogP contribution in [0.1, 0.15) is 28.5 Å². The summed E-state index contributed by atoms with van der Waals surface area (Å²) in [4.78, 5) is 5.85. The van der Waals surface area contributed by atoms with Gasteiger partial charge in [-0.15, -0.1) is 21.5 Å². The van der Waals surface area contributed by atoms with Crippen LogP contribution in [0.4, 0.5) is 5.69 Å². The molecule has 0 bridgehead atoms. The van der Waals surface area contributed by atoms with Gasteiger partial charge in [0.25, 0.3) is 0 Å². The molecule has 2 heterocycles. The van der Waals surface area contributed by atoms with Gasteiger partial charge in [0.05, 0.1) is 16.7 Å². The second-order valence-corrected chi connectivity index (χ2v) is 6.27. The van der Waals surface area contributed by atoms with Crippen molar-refractivity contribution in [3.63, 3.8) is 0 Å². The number of aryl methyl sites for hydroxylation is 2. The van der Waals surface area contributed by atoms with Gasteiger partial charge in [-0.2, -0.15) is 0 Å². The van der Waals surface area contributed by atoms with Gasteiger partial charge in [0.1, 0.15) is 0 Å². The van der Waals surface area contributed by atoms with Gasteiger partial charge in [-0.05, 0) is 45.0 Å². The molecule has 108 valence electrons. The van der Waals surface area contributed by atoms with E-state index in [-0.39, 0.29) is 6.04 Å². The largest absolute Gasteiger partial charge is 0.423 e. The maximum atomic E-state index is 5.18. The average molecular weight is 300 g/mol. The molecule has 1 atom stereocenters. The van der Waals surface area contributed by atoms with Gasteiger partial charge in [-0.3, -0.25) is 0 Å². The van der Waals surface area contributed by atoms with E-state index in [0.29, 0.717) is 5.89 Å². The van der Waals surface area contributed by atoms with Gasteiger partial charge in [0, 0.05) is 16.1 Å². The smallest absolute Gasteiger partial charge is 0.247 e. The molecule has 0 fully saturated rings. The number of hydrogen-bond donors (Lipinski definition) is 1. The van der Waals surface area contributed by atoms with Crippen LogP contribution in [0, 0.1) is 13.8 Å². The van der Waals surface area contributed by atoms with Gasteiger partial charge in [-0.25, -0.2) is 4.98 Å². The lowest BCUT2D eigenvalue weighted by atomic mass is 10.1. The van der Waals surface area contributed by atoms with Crippen LogP contribution in [0.2, 0.25) is 0 Å². The minimum absolute atomic E-state index is 0.171. The van der Waals surface area contributed by atoms with Crippen molar-refractivity contribution in [1.29, 1.82) is 0 Å². The zero-order chi connectivity index (χ0) is 14.8. The van der Waals surface area contributed by atoms with Crippen molar-refractivity contribution in [1.82, 2.24) is 15.2 Å². The van der Waals surface area contributed by atoms with Gasteiger partial charge in [0.15, 0.2) is 0 Å². The summed E-state index contributed by atoms with van der Waals surface area (Å²) >= 11 is 1.73. The van der Waals surface area contributed by atoms with E-state index in [9.17, 15) is 0 Å². The zero-order valence-corrected chi connectivity index (χ0v) is 12.9. The van der Waals surface area contributed by atoms with Crippen molar-refractivity contribution in [2.24, 2.45) is 0 Å². The van der Waals surface area contributed by atoms with Crippen molar-refractivity contribution in [2.75, 3.05) is 5.32 Å². The van der Waals surface area contributed by atoms with Gasteiger partial charge in [-0.1, -0.05) is 0 Å². The lowest BCUT2D eigenvalue weighted by Crippen LogP contribution is -2.08. The van der Waals surface area contributed by atoms with Crippen molar-refractivity contribution in [3.8, 4) is 11.5 Å². The molecule has 0 saturated heterocycles. The fraction of sp³-hybridized carbons (Fsp3) is 0.267. The third kappa shape index (κ3) is 2.95. The fourth-order valence-corrected chi connectivity index (χ4v) is 3.19. The Labute approximate surface area is 127 Å². The van der Waals surface area contributed by atoms with E-state index in [2.05, 4.69) is 34.3 Å². The van der Waals surface area contributed by atoms with E-state index in [1.807, 2.05) is 31.2 Å². The van der Waals surface area contributed by atoms with Crippen molar-refractivity contribution in [2.45, 2.75) is 26.8 Å². The van der Waals surface area contributed by atoms with Crippen molar-refractivity contribution < 1.29 is 4.42 Å². The number of nitrogens with zero attached hydrogens (tertiary/aromatic N) is 3. The first-order valence-corrected chi connectivity index (χ1v) is 7.52. The number of anilines is 1. The minimum atomic E-state index is 0.171. The predicted octanol–water partition coefficient (Wildman–Crippen LogP) is 3.98. The maximum absolute atomic E-state index is 5.18. The Morgan fingerprint density at radius 2 is 1.95 bits per heavy atom. The number of hydrogen-bond acceptors (Lipinski definition) is 6. The SMILES string of the molecule is Cc1nc(C(C)Nc2ccc(-c3nnco3)cc2)c(C)s1. The van der Waals surface area contributed by atoms with Crippen LogP contribution in [0.3, 0.4) is 0 Å². The maximum Gasteiger partial charge on any atom is 0.247 e. The van der Waals surface area contributed by atoms with E-state index in [4.69, 9.17) is 4.42 Å². The molecular formula is C15H16N4OS. The second kappa shape index (κ2) is 5.65. The van der Waals surface area contributed by atoms with Crippen LogP contribution in [-0.4, -0.2) is 15.2 Å². The standard InChI is InChI=1S/C15H16N4OS/c1-9(14-10(2)21-11(3)18-14)17-13-6-4-12(5-7-13)15-19-16-8-20-15/h4-9,17H,1-3H3. The normalized spacial score (nSPS) is 12.3. The van der Waals surface area contributed by atoms with E-state index in [0.717, 1.165) is 22.0 Å². The monoisotopic (exact) mass is 300 g/mol. The molecule has 5 nitrogen and oxygen atoms in total. The van der Waals surface area contributed by atoms with Crippen LogP contribution in [0.25, 0.3) is 11.5 Å². The first-order valence-electron chi connectivity index (χ1n) is 6.70. The molecule has 0 radical (unpaired) electrons. The molecule has 0 spiro atoms. The highest BCUT2D eigenvalue weighted by Gasteiger charge is 2.13. The molecule has 3 aromatic rings. The summed E-state index contributed by atoms with van der Waals surface area (Å²) in [5, 5.41) is 12.1. The summed E-state index contributed by atoms with van der Waals surface area (Å²) in [6, 6.07) is 8.10. The summed E-state index contributed by atoms with van der Waals surface area (Å²) in [6.45, 7) is 6.26. The summed E-state index contributed by atoms with van der Waals surface area (Å²) in [5.41, 5.74) is 3.06. The molecule has 1 aromatic carbocycles. The summed E-state index contributed by atoms with van der Waals surface area (Å²) in [6.07, 6.45) is 1.33. The molecule has 1 unspecified atom stereocenters. The third-order valence-corrected chi connectivity index (χ3v) is 4.13. The number of nitrogens with one attached hydrogen (secondary N) is 1. The zero-order valence-electron chi connectivity index (χ0n) is 12.1. The first-order chi connectivity index (χ1) is 10.1. The quantitative estimate of drug-likeness (QED) is 0.789. The van der Waals surface area contributed by atoms with Crippen LogP contribution in [0.15, 0.2) is 35.1 Å². The Morgan fingerprint density at radius 1 is 1.19 bits per heavy atom. The molecule has 2 aromatic heterocycles. The van der Waals surface area contributed by atoms with Crippen LogP contribution >= 0.6 is 11.3 Å². The molecular weight excluding hydrogens is 284 g/mol. The lowest BCUT2D eigenvalue weighted by molar-refractivity contribution is 0.568. The summed E-state index contributed by atoms with van der Waals surface area (Å²) < 4.78 is 5.18. The molecule has 3 rings (SSSR count).